The first-order chi connectivity index (χ1) is 12.4. The molecule has 136 valence electrons. The van der Waals surface area contributed by atoms with Crippen LogP contribution in [0.4, 0.5) is 17.1 Å². The van der Waals surface area contributed by atoms with E-state index >= 15 is 0 Å². The third kappa shape index (κ3) is 4.00. The summed E-state index contributed by atoms with van der Waals surface area (Å²) in [7, 11) is 2.12. The number of nitro benzene ring substituents is 1. The number of aryl methyl sites for hydroxylation is 1. The van der Waals surface area contributed by atoms with Crippen LogP contribution in [0.25, 0.3) is 0 Å². The predicted octanol–water partition coefficient (Wildman–Crippen LogP) is 1.49. The number of benzene rings is 2. The summed E-state index contributed by atoms with van der Waals surface area (Å²) in [6.45, 7) is 5.34. The molecule has 0 radical (unpaired) electrons. The predicted molar refractivity (Wildman–Crippen MR) is 101 cm³/mol. The summed E-state index contributed by atoms with van der Waals surface area (Å²) < 4.78 is 0. The van der Waals surface area contributed by atoms with Gasteiger partial charge >= 0.3 is 0 Å². The van der Waals surface area contributed by atoms with Gasteiger partial charge in [0.15, 0.2) is 0 Å². The molecule has 7 heteroatoms. The zero-order chi connectivity index (χ0) is 18.7. The highest BCUT2D eigenvalue weighted by Crippen LogP contribution is 2.29. The molecule has 3 rings (SSSR count). The lowest BCUT2D eigenvalue weighted by Crippen LogP contribution is -3.12. The van der Waals surface area contributed by atoms with Crippen LogP contribution in [0, 0.1) is 17.0 Å². The topological polar surface area (TPSA) is 79.9 Å². The fraction of sp³-hybridized carbons (Fsp3) is 0.316. The standard InChI is InChI=1S/C19H22N4O3/c1-14-4-3-5-16(12-14)20-19(24)15-6-7-17(18(13-15)23(25)26)22-10-8-21(2)9-11-22/h3-7,12-13H,8-11H2,1-2H3,(H,20,24)/p+1. The summed E-state index contributed by atoms with van der Waals surface area (Å²) in [5, 5.41) is 14.3. The first kappa shape index (κ1) is 17.9. The molecule has 0 spiro atoms. The molecule has 1 aliphatic heterocycles. The molecule has 1 heterocycles. The van der Waals surface area contributed by atoms with E-state index in [9.17, 15) is 14.9 Å². The molecular formula is C19H23N4O3+. The van der Waals surface area contributed by atoms with Crippen LogP contribution in [-0.4, -0.2) is 44.1 Å². The number of likely N-dealkylation sites (N-methyl/N-ethyl adjacent to an activating group) is 1. The summed E-state index contributed by atoms with van der Waals surface area (Å²) in [6.07, 6.45) is 0. The van der Waals surface area contributed by atoms with Crippen molar-refractivity contribution in [3.63, 3.8) is 0 Å². The van der Waals surface area contributed by atoms with E-state index in [4.69, 9.17) is 0 Å². The first-order valence-electron chi connectivity index (χ1n) is 8.67. The van der Waals surface area contributed by atoms with Crippen LogP contribution in [0.15, 0.2) is 42.5 Å². The maximum atomic E-state index is 12.5. The van der Waals surface area contributed by atoms with Crippen molar-refractivity contribution < 1.29 is 14.6 Å². The van der Waals surface area contributed by atoms with Gasteiger partial charge in [0.25, 0.3) is 11.6 Å². The van der Waals surface area contributed by atoms with Crippen molar-refractivity contribution in [2.24, 2.45) is 0 Å². The SMILES string of the molecule is Cc1cccc(NC(=O)c2ccc(N3CC[NH+](C)CC3)c([N+](=O)[O-])c2)c1. The zero-order valence-electron chi connectivity index (χ0n) is 15.0. The average Bonchev–Trinajstić information content (AvgIpc) is 2.62. The Kier molecular flexibility index (Phi) is 5.18. The van der Waals surface area contributed by atoms with E-state index in [0.29, 0.717) is 11.4 Å². The second-order valence-corrected chi connectivity index (χ2v) is 6.73. The zero-order valence-corrected chi connectivity index (χ0v) is 15.0. The highest BCUT2D eigenvalue weighted by atomic mass is 16.6. The van der Waals surface area contributed by atoms with Crippen LogP contribution < -0.4 is 15.1 Å². The summed E-state index contributed by atoms with van der Waals surface area (Å²) in [5.41, 5.74) is 2.53. The van der Waals surface area contributed by atoms with E-state index in [0.717, 1.165) is 31.7 Å². The molecule has 2 aromatic rings. The molecule has 2 N–H and O–H groups in total. The monoisotopic (exact) mass is 355 g/mol. The maximum absolute atomic E-state index is 12.5. The van der Waals surface area contributed by atoms with Crippen LogP contribution in [0.3, 0.4) is 0 Å². The number of nitro groups is 1. The number of rotatable bonds is 4. The van der Waals surface area contributed by atoms with E-state index < -0.39 is 4.92 Å². The van der Waals surface area contributed by atoms with Gasteiger partial charge in [-0.2, -0.15) is 0 Å². The number of carbonyl (C=O) groups excluding carboxylic acids is 1. The molecular weight excluding hydrogens is 332 g/mol. The van der Waals surface area contributed by atoms with Gasteiger partial charge in [-0.15, -0.1) is 0 Å². The van der Waals surface area contributed by atoms with E-state index in [-0.39, 0.29) is 17.2 Å². The third-order valence-electron chi connectivity index (χ3n) is 4.67. The molecule has 26 heavy (non-hydrogen) atoms. The van der Waals surface area contributed by atoms with E-state index in [1.165, 1.54) is 11.0 Å². The number of anilines is 2. The van der Waals surface area contributed by atoms with E-state index in [2.05, 4.69) is 12.4 Å². The van der Waals surface area contributed by atoms with Gasteiger partial charge in [-0.3, -0.25) is 14.9 Å². The molecule has 7 nitrogen and oxygen atoms in total. The van der Waals surface area contributed by atoms with Gasteiger partial charge in [-0.25, -0.2) is 0 Å². The van der Waals surface area contributed by atoms with Gasteiger partial charge in [-0.05, 0) is 36.8 Å². The molecule has 0 aliphatic carbocycles. The molecule has 0 aromatic heterocycles. The largest absolute Gasteiger partial charge is 0.355 e. The van der Waals surface area contributed by atoms with Crippen LogP contribution in [0.1, 0.15) is 15.9 Å². The lowest BCUT2D eigenvalue weighted by atomic mass is 10.1. The van der Waals surface area contributed by atoms with Crippen LogP contribution >= 0.6 is 0 Å². The lowest BCUT2D eigenvalue weighted by Gasteiger charge is -2.31. The van der Waals surface area contributed by atoms with Crippen molar-refractivity contribution in [2.45, 2.75) is 6.92 Å². The van der Waals surface area contributed by atoms with Crippen LogP contribution in [-0.2, 0) is 0 Å². The minimum Gasteiger partial charge on any atom is -0.355 e. The minimum atomic E-state index is -0.413. The Morgan fingerprint density at radius 2 is 1.92 bits per heavy atom. The van der Waals surface area contributed by atoms with Crippen molar-refractivity contribution in [1.82, 2.24) is 0 Å². The Hall–Kier alpha value is -2.93. The molecule has 0 unspecified atom stereocenters. The van der Waals surface area contributed by atoms with E-state index in [1.54, 1.807) is 18.2 Å². The van der Waals surface area contributed by atoms with Crippen molar-refractivity contribution >= 4 is 23.0 Å². The molecule has 2 aromatic carbocycles. The normalized spacial score (nSPS) is 14.9. The van der Waals surface area contributed by atoms with Gasteiger partial charge in [0, 0.05) is 17.3 Å². The number of carbonyl (C=O) groups is 1. The number of amides is 1. The Bertz CT molecular complexity index is 829. The molecule has 0 saturated carbocycles. The molecule has 0 atom stereocenters. The van der Waals surface area contributed by atoms with Crippen molar-refractivity contribution in [1.29, 1.82) is 0 Å². The average molecular weight is 355 g/mol. The van der Waals surface area contributed by atoms with Crippen molar-refractivity contribution in [3.8, 4) is 0 Å². The fourth-order valence-corrected chi connectivity index (χ4v) is 3.13. The highest BCUT2D eigenvalue weighted by Gasteiger charge is 2.25. The summed E-state index contributed by atoms with van der Waals surface area (Å²) in [5.74, 6) is -0.354. The summed E-state index contributed by atoms with van der Waals surface area (Å²) >= 11 is 0. The summed E-state index contributed by atoms with van der Waals surface area (Å²) in [4.78, 5) is 27.1. The fourth-order valence-electron chi connectivity index (χ4n) is 3.13. The number of hydrogen-bond acceptors (Lipinski definition) is 4. The molecule has 1 amide bonds. The molecule has 1 aliphatic rings. The van der Waals surface area contributed by atoms with Gasteiger partial charge in [0.05, 0.1) is 38.2 Å². The smallest absolute Gasteiger partial charge is 0.293 e. The lowest BCUT2D eigenvalue weighted by molar-refractivity contribution is -0.880. The number of nitrogens with one attached hydrogen (secondary N) is 2. The molecule has 1 fully saturated rings. The van der Waals surface area contributed by atoms with Crippen molar-refractivity contribution in [2.75, 3.05) is 43.4 Å². The highest BCUT2D eigenvalue weighted by molar-refractivity contribution is 6.05. The van der Waals surface area contributed by atoms with Gasteiger partial charge < -0.3 is 15.1 Å². The van der Waals surface area contributed by atoms with Crippen LogP contribution in [0.2, 0.25) is 0 Å². The van der Waals surface area contributed by atoms with E-state index in [1.807, 2.05) is 30.0 Å². The number of piperazine rings is 1. The minimum absolute atomic E-state index is 0.0264. The number of nitrogens with zero attached hydrogens (tertiary/aromatic N) is 2. The van der Waals surface area contributed by atoms with Crippen molar-refractivity contribution in [3.05, 3.63) is 63.7 Å². The second-order valence-electron chi connectivity index (χ2n) is 6.73. The second kappa shape index (κ2) is 7.53. The Morgan fingerprint density at radius 1 is 1.19 bits per heavy atom. The third-order valence-corrected chi connectivity index (χ3v) is 4.67. The Morgan fingerprint density at radius 3 is 2.58 bits per heavy atom. The maximum Gasteiger partial charge on any atom is 0.293 e. The number of hydrogen-bond donors (Lipinski definition) is 2. The van der Waals surface area contributed by atoms with Gasteiger partial charge in [0.1, 0.15) is 5.69 Å². The Balaban J connectivity index is 1.83. The van der Waals surface area contributed by atoms with Crippen LogP contribution in [0.5, 0.6) is 0 Å². The Labute approximate surface area is 152 Å². The van der Waals surface area contributed by atoms with Gasteiger partial charge in [0.2, 0.25) is 0 Å². The molecule has 0 bridgehead atoms. The number of quaternary nitrogens is 1. The van der Waals surface area contributed by atoms with Gasteiger partial charge in [-0.1, -0.05) is 12.1 Å². The quantitative estimate of drug-likeness (QED) is 0.643. The summed E-state index contributed by atoms with van der Waals surface area (Å²) in [6, 6.07) is 12.1. The molecule has 1 saturated heterocycles. The first-order valence-corrected chi connectivity index (χ1v) is 8.67.